The van der Waals surface area contributed by atoms with Crippen LogP contribution >= 0.6 is 0 Å². The summed E-state index contributed by atoms with van der Waals surface area (Å²) < 4.78 is 12.9. The Morgan fingerprint density at radius 3 is 2.59 bits per heavy atom. The van der Waals surface area contributed by atoms with Gasteiger partial charge in [0.1, 0.15) is 5.82 Å². The van der Waals surface area contributed by atoms with Crippen molar-refractivity contribution in [1.82, 2.24) is 5.32 Å². The molecule has 1 aromatic carbocycles. The van der Waals surface area contributed by atoms with Crippen molar-refractivity contribution in [3.05, 3.63) is 35.6 Å². The van der Waals surface area contributed by atoms with Gasteiger partial charge in [-0.25, -0.2) is 4.39 Å². The molecule has 0 spiro atoms. The minimum Gasteiger partial charge on any atom is -0.313 e. The first-order valence-electron chi connectivity index (χ1n) is 6.78. The molecule has 0 aliphatic heterocycles. The fraction of sp³-hybridized carbons (Fsp3) is 0.600. The zero-order valence-electron chi connectivity index (χ0n) is 10.6. The number of rotatable bonds is 7. The predicted molar refractivity (Wildman–Crippen MR) is 69.7 cm³/mol. The van der Waals surface area contributed by atoms with Crippen LogP contribution in [0.4, 0.5) is 4.39 Å². The third-order valence-corrected chi connectivity index (χ3v) is 3.48. The molecule has 2 rings (SSSR count). The van der Waals surface area contributed by atoms with Gasteiger partial charge >= 0.3 is 0 Å². The van der Waals surface area contributed by atoms with Gasteiger partial charge in [-0.3, -0.25) is 0 Å². The Bertz CT molecular complexity index is 329. The summed E-state index contributed by atoms with van der Waals surface area (Å²) in [6.07, 6.45) is 6.31. The van der Waals surface area contributed by atoms with Crippen LogP contribution < -0.4 is 5.32 Å². The highest BCUT2D eigenvalue weighted by atomic mass is 19.1. The van der Waals surface area contributed by atoms with Gasteiger partial charge in [-0.2, -0.15) is 0 Å². The van der Waals surface area contributed by atoms with Crippen molar-refractivity contribution in [3.63, 3.8) is 0 Å². The van der Waals surface area contributed by atoms with Crippen LogP contribution in [0.15, 0.2) is 24.3 Å². The van der Waals surface area contributed by atoms with Crippen LogP contribution in [0, 0.1) is 5.82 Å². The standard InChI is InChI=1S/C15H22FN/c1-2-3-4-13(11-17-15-9-10-15)12-5-7-14(16)8-6-12/h5-8,13,15,17H,2-4,9-11H2,1H3. The van der Waals surface area contributed by atoms with Crippen molar-refractivity contribution in [2.24, 2.45) is 0 Å². The fourth-order valence-electron chi connectivity index (χ4n) is 2.17. The molecule has 0 bridgehead atoms. The SMILES string of the molecule is CCCCC(CNC1CC1)c1ccc(F)cc1. The molecule has 1 nitrogen and oxygen atoms in total. The number of hydrogen-bond donors (Lipinski definition) is 1. The van der Waals surface area contributed by atoms with E-state index in [0.29, 0.717) is 5.92 Å². The minimum atomic E-state index is -0.141. The molecule has 94 valence electrons. The second-order valence-corrected chi connectivity index (χ2v) is 5.07. The first-order chi connectivity index (χ1) is 8.29. The van der Waals surface area contributed by atoms with Crippen LogP contribution in [0.1, 0.15) is 50.5 Å². The van der Waals surface area contributed by atoms with E-state index in [2.05, 4.69) is 12.2 Å². The van der Waals surface area contributed by atoms with Crippen molar-refractivity contribution in [1.29, 1.82) is 0 Å². The quantitative estimate of drug-likeness (QED) is 0.757. The Morgan fingerprint density at radius 1 is 1.29 bits per heavy atom. The second-order valence-electron chi connectivity index (χ2n) is 5.07. The van der Waals surface area contributed by atoms with Gasteiger partial charge in [-0.05, 0) is 42.9 Å². The lowest BCUT2D eigenvalue weighted by Crippen LogP contribution is -2.23. The predicted octanol–water partition coefficient (Wildman–Crippen LogP) is 3.85. The van der Waals surface area contributed by atoms with Gasteiger partial charge in [-0.15, -0.1) is 0 Å². The lowest BCUT2D eigenvalue weighted by Gasteiger charge is -2.18. The molecule has 17 heavy (non-hydrogen) atoms. The van der Waals surface area contributed by atoms with Crippen LogP contribution in [0.2, 0.25) is 0 Å². The smallest absolute Gasteiger partial charge is 0.123 e. The van der Waals surface area contributed by atoms with Gasteiger partial charge in [0, 0.05) is 12.6 Å². The number of nitrogens with one attached hydrogen (secondary N) is 1. The molecule has 1 saturated carbocycles. The lowest BCUT2D eigenvalue weighted by atomic mass is 9.93. The molecule has 1 aromatic rings. The highest BCUT2D eigenvalue weighted by Crippen LogP contribution is 2.24. The third-order valence-electron chi connectivity index (χ3n) is 3.48. The molecular formula is C15H22FN. The Morgan fingerprint density at radius 2 is 2.00 bits per heavy atom. The fourth-order valence-corrected chi connectivity index (χ4v) is 2.17. The van der Waals surface area contributed by atoms with Crippen LogP contribution in [0.25, 0.3) is 0 Å². The zero-order chi connectivity index (χ0) is 12.1. The second kappa shape index (κ2) is 6.15. The van der Waals surface area contributed by atoms with Gasteiger partial charge in [0.05, 0.1) is 0 Å². The Hall–Kier alpha value is -0.890. The summed E-state index contributed by atoms with van der Waals surface area (Å²) in [5.74, 6) is 0.397. The Balaban J connectivity index is 1.93. The van der Waals surface area contributed by atoms with Crippen LogP contribution in [-0.4, -0.2) is 12.6 Å². The van der Waals surface area contributed by atoms with E-state index in [4.69, 9.17) is 0 Å². The third kappa shape index (κ3) is 4.12. The number of unbranched alkanes of at least 4 members (excludes halogenated alkanes) is 1. The van der Waals surface area contributed by atoms with Crippen molar-refractivity contribution in [2.75, 3.05) is 6.54 Å². The summed E-state index contributed by atoms with van der Waals surface area (Å²) in [6, 6.07) is 7.77. The average Bonchev–Trinajstić information content (AvgIpc) is 3.15. The molecule has 0 saturated heterocycles. The normalized spacial score (nSPS) is 17.1. The van der Waals surface area contributed by atoms with E-state index < -0.39 is 0 Å². The molecule has 0 radical (unpaired) electrons. The summed E-state index contributed by atoms with van der Waals surface area (Å²) in [5.41, 5.74) is 1.27. The largest absolute Gasteiger partial charge is 0.313 e. The topological polar surface area (TPSA) is 12.0 Å². The monoisotopic (exact) mass is 235 g/mol. The Labute approximate surface area is 103 Å². The van der Waals surface area contributed by atoms with Gasteiger partial charge in [-0.1, -0.05) is 31.9 Å². The van der Waals surface area contributed by atoms with E-state index in [9.17, 15) is 4.39 Å². The maximum atomic E-state index is 12.9. The molecule has 1 atom stereocenters. The van der Waals surface area contributed by atoms with Gasteiger partial charge < -0.3 is 5.32 Å². The van der Waals surface area contributed by atoms with E-state index in [-0.39, 0.29) is 5.82 Å². The summed E-state index contributed by atoms with van der Waals surface area (Å²) in [5, 5.41) is 3.58. The maximum Gasteiger partial charge on any atom is 0.123 e. The van der Waals surface area contributed by atoms with Crippen molar-refractivity contribution < 1.29 is 4.39 Å². The average molecular weight is 235 g/mol. The summed E-state index contributed by atoms with van der Waals surface area (Å²) in [7, 11) is 0. The van der Waals surface area contributed by atoms with Crippen molar-refractivity contribution in [2.45, 2.75) is 51.0 Å². The lowest BCUT2D eigenvalue weighted by molar-refractivity contribution is 0.526. The van der Waals surface area contributed by atoms with Crippen molar-refractivity contribution >= 4 is 0 Å². The minimum absolute atomic E-state index is 0.141. The summed E-state index contributed by atoms with van der Waals surface area (Å²) in [4.78, 5) is 0. The van der Waals surface area contributed by atoms with Gasteiger partial charge in [0.2, 0.25) is 0 Å². The van der Waals surface area contributed by atoms with Crippen molar-refractivity contribution in [3.8, 4) is 0 Å². The van der Waals surface area contributed by atoms with Crippen LogP contribution in [0.5, 0.6) is 0 Å². The van der Waals surface area contributed by atoms with Crippen LogP contribution in [-0.2, 0) is 0 Å². The molecule has 0 amide bonds. The highest BCUT2D eigenvalue weighted by Gasteiger charge is 2.22. The van der Waals surface area contributed by atoms with E-state index >= 15 is 0 Å². The Kier molecular flexibility index (Phi) is 4.55. The molecule has 1 N–H and O–H groups in total. The van der Waals surface area contributed by atoms with E-state index in [1.54, 1.807) is 12.1 Å². The van der Waals surface area contributed by atoms with Gasteiger partial charge in [0.15, 0.2) is 0 Å². The molecular weight excluding hydrogens is 213 g/mol. The molecule has 1 unspecified atom stereocenters. The van der Waals surface area contributed by atoms with E-state index in [1.807, 2.05) is 12.1 Å². The summed E-state index contributed by atoms with van der Waals surface area (Å²) >= 11 is 0. The number of halogens is 1. The number of benzene rings is 1. The number of hydrogen-bond acceptors (Lipinski definition) is 1. The van der Waals surface area contributed by atoms with Crippen LogP contribution in [0.3, 0.4) is 0 Å². The maximum absolute atomic E-state index is 12.9. The molecule has 1 aliphatic rings. The molecule has 1 aliphatic carbocycles. The van der Waals surface area contributed by atoms with E-state index in [0.717, 1.165) is 12.6 Å². The summed E-state index contributed by atoms with van der Waals surface area (Å²) in [6.45, 7) is 3.26. The molecule has 0 heterocycles. The molecule has 0 aromatic heterocycles. The highest BCUT2D eigenvalue weighted by molar-refractivity contribution is 5.21. The molecule has 2 heteroatoms. The molecule has 1 fully saturated rings. The van der Waals surface area contributed by atoms with E-state index in [1.165, 1.54) is 37.7 Å². The van der Waals surface area contributed by atoms with Gasteiger partial charge in [0.25, 0.3) is 0 Å². The zero-order valence-corrected chi connectivity index (χ0v) is 10.6. The first-order valence-corrected chi connectivity index (χ1v) is 6.78. The first kappa shape index (κ1) is 12.6.